The fraction of sp³-hybridized carbons (Fsp3) is 0.409. The summed E-state index contributed by atoms with van der Waals surface area (Å²) in [4.78, 5) is 31.4. The van der Waals surface area contributed by atoms with E-state index in [1.54, 1.807) is 31.5 Å². The number of hydrogen-bond donors (Lipinski definition) is 3. The Kier molecular flexibility index (Phi) is 6.06. The first-order valence-electron chi connectivity index (χ1n) is 10.3. The highest BCUT2D eigenvalue weighted by Gasteiger charge is 2.35. The van der Waals surface area contributed by atoms with Gasteiger partial charge in [0.05, 0.1) is 0 Å². The summed E-state index contributed by atoms with van der Waals surface area (Å²) in [6, 6.07) is 8.31. The van der Waals surface area contributed by atoms with Crippen molar-refractivity contribution in [1.29, 1.82) is 0 Å². The van der Waals surface area contributed by atoms with Crippen LogP contribution < -0.4 is 16.2 Å². The number of nitrogens with zero attached hydrogens (tertiary/aromatic N) is 2. The molecular weight excluding hydrogens is 385 g/mol. The molecule has 7 nitrogen and oxygen atoms in total. The Morgan fingerprint density at radius 1 is 1.20 bits per heavy atom. The van der Waals surface area contributed by atoms with Crippen molar-refractivity contribution in [3.8, 4) is 0 Å². The minimum absolute atomic E-state index is 0.0471. The van der Waals surface area contributed by atoms with Crippen molar-refractivity contribution in [1.82, 2.24) is 20.7 Å². The predicted octanol–water partition coefficient (Wildman–Crippen LogP) is 2.31. The number of carbonyl (C=O) groups excluding carboxylic acids is 2. The number of pyridine rings is 1. The van der Waals surface area contributed by atoms with Crippen LogP contribution >= 0.6 is 0 Å². The highest BCUT2D eigenvalue weighted by atomic mass is 19.1. The van der Waals surface area contributed by atoms with Crippen molar-refractivity contribution >= 4 is 17.5 Å². The molecular formula is C22H26FN5O2. The average molecular weight is 411 g/mol. The topological polar surface area (TPSA) is 86.4 Å². The summed E-state index contributed by atoms with van der Waals surface area (Å²) in [6.07, 6.45) is 5.38. The number of rotatable bonds is 4. The van der Waals surface area contributed by atoms with E-state index in [1.807, 2.05) is 17.0 Å². The van der Waals surface area contributed by atoms with Crippen LogP contribution in [0.4, 0.5) is 10.1 Å². The number of anilines is 1. The van der Waals surface area contributed by atoms with E-state index in [9.17, 15) is 14.0 Å². The molecule has 158 valence electrons. The molecule has 3 heterocycles. The van der Waals surface area contributed by atoms with Gasteiger partial charge in [-0.2, -0.15) is 0 Å². The summed E-state index contributed by atoms with van der Waals surface area (Å²) in [7, 11) is 0. The van der Waals surface area contributed by atoms with Gasteiger partial charge >= 0.3 is 0 Å². The lowest BCUT2D eigenvalue weighted by Gasteiger charge is -2.32. The van der Waals surface area contributed by atoms with Gasteiger partial charge in [0, 0.05) is 43.1 Å². The minimum atomic E-state index is -0.338. The van der Waals surface area contributed by atoms with Crippen LogP contribution in [0.5, 0.6) is 0 Å². The minimum Gasteiger partial charge on any atom is -0.341 e. The maximum absolute atomic E-state index is 13.7. The first-order valence-corrected chi connectivity index (χ1v) is 10.3. The van der Waals surface area contributed by atoms with Crippen molar-refractivity contribution in [3.63, 3.8) is 0 Å². The maximum atomic E-state index is 13.7. The van der Waals surface area contributed by atoms with Gasteiger partial charge in [-0.25, -0.2) is 15.2 Å². The second-order valence-electron chi connectivity index (χ2n) is 7.97. The Labute approximate surface area is 175 Å². The molecule has 2 fully saturated rings. The highest BCUT2D eigenvalue weighted by Crippen LogP contribution is 2.25. The molecule has 8 heteroatoms. The number of carbonyl (C=O) groups is 2. The summed E-state index contributed by atoms with van der Waals surface area (Å²) in [6.45, 7) is 2.76. The van der Waals surface area contributed by atoms with Crippen LogP contribution in [0.1, 0.15) is 36.4 Å². The molecule has 30 heavy (non-hydrogen) atoms. The van der Waals surface area contributed by atoms with Crippen LogP contribution in [0, 0.1) is 18.7 Å². The Hall–Kier alpha value is -2.84. The highest BCUT2D eigenvalue weighted by molar-refractivity contribution is 5.93. The number of likely N-dealkylation sites (tertiary alicyclic amines) is 1. The van der Waals surface area contributed by atoms with E-state index in [4.69, 9.17) is 0 Å². The SMILES string of the molecule is Cc1ccc(NC(=O)C2CCN(C(=O)C3CC(c4cccnc4)NN3)CC2)cc1F. The summed E-state index contributed by atoms with van der Waals surface area (Å²) < 4.78 is 13.7. The predicted molar refractivity (Wildman–Crippen MR) is 111 cm³/mol. The molecule has 2 saturated heterocycles. The van der Waals surface area contributed by atoms with Gasteiger partial charge in [-0.3, -0.25) is 14.6 Å². The van der Waals surface area contributed by atoms with Crippen molar-refractivity contribution in [2.45, 2.75) is 38.3 Å². The number of benzene rings is 1. The molecule has 3 N–H and O–H groups in total. The lowest BCUT2D eigenvalue weighted by Crippen LogP contribution is -2.49. The quantitative estimate of drug-likeness (QED) is 0.719. The van der Waals surface area contributed by atoms with Crippen LogP contribution in [0.3, 0.4) is 0 Å². The van der Waals surface area contributed by atoms with Gasteiger partial charge in [-0.15, -0.1) is 0 Å². The molecule has 2 aliphatic heterocycles. The smallest absolute Gasteiger partial charge is 0.241 e. The fourth-order valence-corrected chi connectivity index (χ4v) is 4.02. The third-order valence-electron chi connectivity index (χ3n) is 5.90. The lowest BCUT2D eigenvalue weighted by molar-refractivity contribution is -0.136. The summed E-state index contributed by atoms with van der Waals surface area (Å²) >= 11 is 0. The van der Waals surface area contributed by atoms with Crippen LogP contribution in [0.15, 0.2) is 42.7 Å². The monoisotopic (exact) mass is 411 g/mol. The fourth-order valence-electron chi connectivity index (χ4n) is 4.02. The molecule has 2 unspecified atom stereocenters. The van der Waals surface area contributed by atoms with Crippen LogP contribution in [0.25, 0.3) is 0 Å². The number of hydrazine groups is 1. The Bertz CT molecular complexity index is 915. The lowest BCUT2D eigenvalue weighted by atomic mass is 9.94. The summed E-state index contributed by atoms with van der Waals surface area (Å²) in [5.41, 5.74) is 8.32. The van der Waals surface area contributed by atoms with Crippen molar-refractivity contribution in [2.75, 3.05) is 18.4 Å². The van der Waals surface area contributed by atoms with Crippen molar-refractivity contribution in [3.05, 3.63) is 59.7 Å². The molecule has 1 aromatic heterocycles. The Balaban J connectivity index is 1.27. The van der Waals surface area contributed by atoms with E-state index in [0.29, 0.717) is 43.6 Å². The maximum Gasteiger partial charge on any atom is 0.241 e. The van der Waals surface area contributed by atoms with Crippen LogP contribution in [-0.2, 0) is 9.59 Å². The van der Waals surface area contributed by atoms with Crippen molar-refractivity contribution < 1.29 is 14.0 Å². The zero-order valence-electron chi connectivity index (χ0n) is 16.9. The molecule has 2 atom stereocenters. The van der Waals surface area contributed by atoms with Gasteiger partial charge in [0.1, 0.15) is 11.9 Å². The number of halogens is 1. The molecule has 4 rings (SSSR count). The van der Waals surface area contributed by atoms with E-state index in [2.05, 4.69) is 21.2 Å². The number of amides is 2. The summed E-state index contributed by atoms with van der Waals surface area (Å²) in [5, 5.41) is 2.79. The van der Waals surface area contributed by atoms with E-state index in [1.165, 1.54) is 6.07 Å². The zero-order valence-corrected chi connectivity index (χ0v) is 16.9. The third-order valence-corrected chi connectivity index (χ3v) is 5.90. The van der Waals surface area contributed by atoms with E-state index >= 15 is 0 Å². The average Bonchev–Trinajstić information content (AvgIpc) is 3.27. The number of aryl methyl sites for hydroxylation is 1. The number of nitrogens with one attached hydrogen (secondary N) is 3. The molecule has 0 aliphatic carbocycles. The van der Waals surface area contributed by atoms with E-state index in [-0.39, 0.29) is 35.6 Å². The molecule has 0 saturated carbocycles. The van der Waals surface area contributed by atoms with Crippen molar-refractivity contribution in [2.24, 2.45) is 5.92 Å². The molecule has 0 bridgehead atoms. The third kappa shape index (κ3) is 4.49. The largest absolute Gasteiger partial charge is 0.341 e. The summed E-state index contributed by atoms with van der Waals surface area (Å²) in [5.74, 6) is -0.595. The second-order valence-corrected chi connectivity index (χ2v) is 7.97. The van der Waals surface area contributed by atoms with Gasteiger partial charge in [-0.05, 0) is 55.5 Å². The van der Waals surface area contributed by atoms with Gasteiger partial charge in [0.2, 0.25) is 11.8 Å². The van der Waals surface area contributed by atoms with E-state index < -0.39 is 0 Å². The van der Waals surface area contributed by atoms with Gasteiger partial charge in [-0.1, -0.05) is 12.1 Å². The standard InChI is InChI=1S/C22H26FN5O2/c1-14-4-5-17(11-18(14)23)25-21(29)15-6-9-28(10-7-15)22(30)20-12-19(26-27-20)16-3-2-8-24-13-16/h2-5,8,11,13,15,19-20,26-27H,6-7,9-10,12H2,1H3,(H,25,29). The van der Waals surface area contributed by atoms with Crippen LogP contribution in [-0.4, -0.2) is 40.8 Å². The van der Waals surface area contributed by atoms with Gasteiger partial charge in [0.15, 0.2) is 0 Å². The van der Waals surface area contributed by atoms with E-state index in [0.717, 1.165) is 5.56 Å². The van der Waals surface area contributed by atoms with Crippen LogP contribution in [0.2, 0.25) is 0 Å². The van der Waals surface area contributed by atoms with Gasteiger partial charge < -0.3 is 10.2 Å². The second kappa shape index (κ2) is 8.89. The number of aromatic nitrogens is 1. The number of piperidine rings is 1. The normalized spacial score (nSPS) is 22.1. The van der Waals surface area contributed by atoms with Gasteiger partial charge in [0.25, 0.3) is 0 Å². The molecule has 2 aliphatic rings. The molecule has 2 aromatic rings. The molecule has 1 aromatic carbocycles. The molecule has 0 radical (unpaired) electrons. The first-order chi connectivity index (χ1) is 14.5. The zero-order chi connectivity index (χ0) is 21.1. The first kappa shape index (κ1) is 20.4. The Morgan fingerprint density at radius 2 is 2.00 bits per heavy atom. The molecule has 0 spiro atoms. The molecule has 2 amide bonds. The Morgan fingerprint density at radius 3 is 2.70 bits per heavy atom. The number of hydrogen-bond acceptors (Lipinski definition) is 5.